The second-order valence-electron chi connectivity index (χ2n) is 7.29. The quantitative estimate of drug-likeness (QED) is 0.469. The third-order valence-electron chi connectivity index (χ3n) is 4.90. The van der Waals surface area contributed by atoms with Crippen molar-refractivity contribution in [3.63, 3.8) is 0 Å². The molecule has 8 heteroatoms. The number of hydrogen-bond acceptors (Lipinski definition) is 6. The van der Waals surface area contributed by atoms with Crippen LogP contribution in [0, 0.1) is 33.1 Å². The Morgan fingerprint density at radius 2 is 1.97 bits per heavy atom. The van der Waals surface area contributed by atoms with Crippen molar-refractivity contribution in [1.82, 2.24) is 15.5 Å². The Labute approximate surface area is 184 Å². The van der Waals surface area contributed by atoms with Crippen LogP contribution in [-0.4, -0.2) is 28.5 Å². The number of benzene rings is 1. The van der Waals surface area contributed by atoms with Gasteiger partial charge in [-0.25, -0.2) is 4.98 Å². The molecular formula is C24H20N4O4. The van der Waals surface area contributed by atoms with Gasteiger partial charge in [0.25, 0.3) is 11.6 Å². The average Bonchev–Trinajstić information content (AvgIpc) is 3.32. The van der Waals surface area contributed by atoms with E-state index in [2.05, 4.69) is 26.7 Å². The molecule has 0 radical (unpaired) electrons. The van der Waals surface area contributed by atoms with Crippen LogP contribution in [0.3, 0.4) is 0 Å². The van der Waals surface area contributed by atoms with E-state index in [1.165, 1.54) is 0 Å². The molecule has 0 atom stereocenters. The lowest BCUT2D eigenvalue weighted by Crippen LogP contribution is -2.33. The highest BCUT2D eigenvalue weighted by Crippen LogP contribution is 2.30. The van der Waals surface area contributed by atoms with E-state index in [-0.39, 0.29) is 18.2 Å². The Morgan fingerprint density at radius 3 is 2.69 bits per heavy atom. The van der Waals surface area contributed by atoms with Crippen LogP contribution in [0.5, 0.6) is 0 Å². The molecule has 32 heavy (non-hydrogen) atoms. The summed E-state index contributed by atoms with van der Waals surface area (Å²) < 4.78 is 10.9. The van der Waals surface area contributed by atoms with Crippen molar-refractivity contribution in [2.75, 3.05) is 11.9 Å². The fraction of sp³-hybridized carbons (Fsp3) is 0.167. The number of aryl methyl sites for hydroxylation is 3. The van der Waals surface area contributed by atoms with Crippen LogP contribution in [0.4, 0.5) is 5.69 Å². The van der Waals surface area contributed by atoms with Gasteiger partial charge in [-0.1, -0.05) is 17.1 Å². The zero-order valence-corrected chi connectivity index (χ0v) is 17.8. The molecule has 160 valence electrons. The molecule has 0 saturated carbocycles. The lowest BCUT2D eigenvalue weighted by atomic mass is 10.1. The number of rotatable bonds is 5. The van der Waals surface area contributed by atoms with Crippen molar-refractivity contribution >= 4 is 28.6 Å². The molecule has 3 aromatic heterocycles. The standard InChI is InChI=1S/C24H20N4O4/c1-5-16-7-6-8-17(10-16)26-21(29)12-25-23(30)19-11-20(18-9-13(2)31-15(18)4)27-24-22(19)14(3)28-32-24/h1,6-11H,12H2,2-4H3,(H,25,30)(H,26,29). The lowest BCUT2D eigenvalue weighted by Gasteiger charge is -2.09. The summed E-state index contributed by atoms with van der Waals surface area (Å²) in [6.07, 6.45) is 5.38. The van der Waals surface area contributed by atoms with Gasteiger partial charge in [0, 0.05) is 16.8 Å². The average molecular weight is 428 g/mol. The van der Waals surface area contributed by atoms with E-state index in [9.17, 15) is 9.59 Å². The lowest BCUT2D eigenvalue weighted by molar-refractivity contribution is -0.115. The zero-order valence-electron chi connectivity index (χ0n) is 17.8. The highest BCUT2D eigenvalue weighted by Gasteiger charge is 2.21. The SMILES string of the molecule is C#Cc1cccc(NC(=O)CNC(=O)c2cc(-c3cc(C)oc3C)nc3onc(C)c23)c1. The van der Waals surface area contributed by atoms with Crippen LogP contribution in [0.15, 0.2) is 45.3 Å². The molecule has 4 rings (SSSR count). The number of pyridine rings is 1. The third-order valence-corrected chi connectivity index (χ3v) is 4.90. The molecule has 0 aliphatic heterocycles. The minimum Gasteiger partial charge on any atom is -0.466 e. The Bertz CT molecular complexity index is 1390. The maximum atomic E-state index is 13.0. The van der Waals surface area contributed by atoms with Crippen molar-refractivity contribution < 1.29 is 18.5 Å². The van der Waals surface area contributed by atoms with Crippen molar-refractivity contribution in [1.29, 1.82) is 0 Å². The number of terminal acetylenes is 1. The molecule has 0 aliphatic carbocycles. The Balaban J connectivity index is 1.57. The summed E-state index contributed by atoms with van der Waals surface area (Å²) in [6, 6.07) is 10.4. The van der Waals surface area contributed by atoms with E-state index < -0.39 is 5.91 Å². The number of furan rings is 1. The molecule has 2 amide bonds. The number of nitrogens with one attached hydrogen (secondary N) is 2. The summed E-state index contributed by atoms with van der Waals surface area (Å²) in [6.45, 7) is 5.15. The van der Waals surface area contributed by atoms with Crippen LogP contribution in [-0.2, 0) is 4.79 Å². The Morgan fingerprint density at radius 1 is 1.16 bits per heavy atom. The van der Waals surface area contributed by atoms with E-state index >= 15 is 0 Å². The summed E-state index contributed by atoms with van der Waals surface area (Å²) in [5.41, 5.74) is 3.53. The van der Waals surface area contributed by atoms with Gasteiger partial charge in [0.1, 0.15) is 11.5 Å². The van der Waals surface area contributed by atoms with E-state index in [1.54, 1.807) is 37.3 Å². The first-order chi connectivity index (χ1) is 15.4. The van der Waals surface area contributed by atoms with Gasteiger partial charge in [0.2, 0.25) is 5.91 Å². The monoisotopic (exact) mass is 428 g/mol. The number of carbonyl (C=O) groups is 2. The predicted molar refractivity (Wildman–Crippen MR) is 119 cm³/mol. The van der Waals surface area contributed by atoms with Gasteiger partial charge in [-0.2, -0.15) is 0 Å². The van der Waals surface area contributed by atoms with Gasteiger partial charge < -0.3 is 19.6 Å². The predicted octanol–water partition coefficient (Wildman–Crippen LogP) is 3.76. The molecule has 0 fully saturated rings. The summed E-state index contributed by atoms with van der Waals surface area (Å²) >= 11 is 0. The van der Waals surface area contributed by atoms with Crippen molar-refractivity contribution in [2.45, 2.75) is 20.8 Å². The van der Waals surface area contributed by atoms with E-state index in [4.69, 9.17) is 15.4 Å². The smallest absolute Gasteiger partial charge is 0.259 e. The Kier molecular flexibility index (Phi) is 5.48. The van der Waals surface area contributed by atoms with E-state index in [1.807, 2.05) is 19.9 Å². The van der Waals surface area contributed by atoms with E-state index in [0.29, 0.717) is 39.3 Å². The largest absolute Gasteiger partial charge is 0.466 e. The van der Waals surface area contributed by atoms with Gasteiger partial charge in [-0.3, -0.25) is 9.59 Å². The molecule has 8 nitrogen and oxygen atoms in total. The number of nitrogens with zero attached hydrogens (tertiary/aromatic N) is 2. The number of carbonyl (C=O) groups excluding carboxylic acids is 2. The highest BCUT2D eigenvalue weighted by molar-refractivity contribution is 6.08. The molecule has 3 heterocycles. The third kappa shape index (κ3) is 4.09. The van der Waals surface area contributed by atoms with Crippen LogP contribution in [0.25, 0.3) is 22.4 Å². The molecule has 0 saturated heterocycles. The fourth-order valence-corrected chi connectivity index (χ4v) is 3.44. The summed E-state index contributed by atoms with van der Waals surface area (Å²) in [5.74, 6) is 3.07. The molecule has 0 unspecified atom stereocenters. The van der Waals surface area contributed by atoms with Gasteiger partial charge in [0.15, 0.2) is 0 Å². The first-order valence-corrected chi connectivity index (χ1v) is 9.85. The second kappa shape index (κ2) is 8.40. The molecular weight excluding hydrogens is 408 g/mol. The maximum Gasteiger partial charge on any atom is 0.259 e. The summed E-state index contributed by atoms with van der Waals surface area (Å²) in [5, 5.41) is 9.78. The summed E-state index contributed by atoms with van der Waals surface area (Å²) in [4.78, 5) is 29.8. The molecule has 4 aromatic rings. The molecule has 0 bridgehead atoms. The van der Waals surface area contributed by atoms with Crippen molar-refractivity contribution in [3.8, 4) is 23.6 Å². The highest BCUT2D eigenvalue weighted by atomic mass is 16.5. The van der Waals surface area contributed by atoms with Crippen LogP contribution >= 0.6 is 0 Å². The minimum absolute atomic E-state index is 0.230. The first-order valence-electron chi connectivity index (χ1n) is 9.85. The maximum absolute atomic E-state index is 13.0. The number of fused-ring (bicyclic) bond motifs is 1. The van der Waals surface area contributed by atoms with Crippen molar-refractivity contribution in [3.05, 3.63) is 64.7 Å². The van der Waals surface area contributed by atoms with Gasteiger partial charge in [0.05, 0.1) is 28.9 Å². The topological polar surface area (TPSA) is 110 Å². The zero-order chi connectivity index (χ0) is 22.8. The van der Waals surface area contributed by atoms with Crippen LogP contribution in [0.2, 0.25) is 0 Å². The van der Waals surface area contributed by atoms with E-state index in [0.717, 1.165) is 11.3 Å². The number of hydrogen-bond donors (Lipinski definition) is 2. The Hall–Kier alpha value is -4.38. The number of aromatic nitrogens is 2. The van der Waals surface area contributed by atoms with Crippen molar-refractivity contribution in [2.24, 2.45) is 0 Å². The summed E-state index contributed by atoms with van der Waals surface area (Å²) in [7, 11) is 0. The van der Waals surface area contributed by atoms with Gasteiger partial charge in [-0.15, -0.1) is 6.42 Å². The number of anilines is 1. The molecule has 0 spiro atoms. The fourth-order valence-electron chi connectivity index (χ4n) is 3.44. The van der Waals surface area contributed by atoms with Crippen LogP contribution < -0.4 is 10.6 Å². The molecule has 0 aliphatic rings. The normalized spacial score (nSPS) is 10.7. The molecule has 1 aromatic carbocycles. The minimum atomic E-state index is -0.449. The van der Waals surface area contributed by atoms with Gasteiger partial charge >= 0.3 is 0 Å². The number of amides is 2. The second-order valence-corrected chi connectivity index (χ2v) is 7.29. The van der Waals surface area contributed by atoms with Gasteiger partial charge in [-0.05, 0) is 51.1 Å². The molecule has 2 N–H and O–H groups in total. The van der Waals surface area contributed by atoms with Crippen LogP contribution in [0.1, 0.15) is 33.1 Å². The first kappa shape index (κ1) is 20.9.